The van der Waals surface area contributed by atoms with Crippen LogP contribution in [0.15, 0.2) is 34.4 Å². The lowest BCUT2D eigenvalue weighted by Gasteiger charge is -2.12. The lowest BCUT2D eigenvalue weighted by Crippen LogP contribution is -2.28. The highest BCUT2D eigenvalue weighted by molar-refractivity contribution is 7.17. The molecule has 0 unspecified atom stereocenters. The average Bonchev–Trinajstić information content (AvgIpc) is 3.02. The molecule has 0 aliphatic rings. The number of hydrogen-bond donors (Lipinski definition) is 1. The predicted octanol–water partition coefficient (Wildman–Crippen LogP) is 3.11. The Morgan fingerprint density at radius 3 is 2.68 bits per heavy atom. The summed E-state index contributed by atoms with van der Waals surface area (Å²) in [5.74, 6) is 0.244. The Kier molecular flexibility index (Phi) is 4.85. The molecule has 0 radical (unpaired) electrons. The number of aromatic carboxylic acids is 1. The zero-order valence-electron chi connectivity index (χ0n) is 14.0. The molecule has 2 aromatic heterocycles. The lowest BCUT2D eigenvalue weighted by atomic mass is 10.2. The minimum atomic E-state index is -1.11. The van der Waals surface area contributed by atoms with Crippen molar-refractivity contribution in [1.82, 2.24) is 9.55 Å². The third-order valence-corrected chi connectivity index (χ3v) is 4.80. The van der Waals surface area contributed by atoms with Gasteiger partial charge in [-0.25, -0.2) is 9.78 Å². The van der Waals surface area contributed by atoms with E-state index in [0.717, 1.165) is 11.3 Å². The van der Waals surface area contributed by atoms with E-state index in [1.165, 1.54) is 21.3 Å². The van der Waals surface area contributed by atoms with Crippen molar-refractivity contribution < 1.29 is 14.6 Å². The fraction of sp³-hybridized carbons (Fsp3) is 0.278. The van der Waals surface area contributed by atoms with Crippen molar-refractivity contribution in [3.63, 3.8) is 0 Å². The molecule has 0 amide bonds. The van der Waals surface area contributed by atoms with Gasteiger partial charge in [-0.1, -0.05) is 24.6 Å². The van der Waals surface area contributed by atoms with Gasteiger partial charge < -0.3 is 9.84 Å². The molecular weight excluding hydrogens is 340 g/mol. The standard InChI is InChI=1S/C18H18N2O4S/c1-3-14-19-16-15(13(10-25-16)18(22)23)17(21)20(14)8-9-24-12-6-4-11(2)5-7-12/h4-7,10H,3,8-9H2,1-2H3,(H,22,23). The van der Waals surface area contributed by atoms with Gasteiger partial charge in [0.05, 0.1) is 17.5 Å². The lowest BCUT2D eigenvalue weighted by molar-refractivity contribution is 0.0699. The van der Waals surface area contributed by atoms with Gasteiger partial charge in [0.15, 0.2) is 0 Å². The highest BCUT2D eigenvalue weighted by Gasteiger charge is 2.18. The van der Waals surface area contributed by atoms with Crippen LogP contribution in [0.1, 0.15) is 28.7 Å². The molecule has 0 aliphatic heterocycles. The topological polar surface area (TPSA) is 81.4 Å². The maximum absolute atomic E-state index is 12.8. The summed E-state index contributed by atoms with van der Waals surface area (Å²) >= 11 is 1.18. The summed E-state index contributed by atoms with van der Waals surface area (Å²) < 4.78 is 7.20. The predicted molar refractivity (Wildman–Crippen MR) is 96.9 cm³/mol. The summed E-state index contributed by atoms with van der Waals surface area (Å²) in [7, 11) is 0. The third-order valence-electron chi connectivity index (χ3n) is 3.92. The van der Waals surface area contributed by atoms with Crippen molar-refractivity contribution in [1.29, 1.82) is 0 Å². The fourth-order valence-corrected chi connectivity index (χ4v) is 3.53. The first-order valence-corrected chi connectivity index (χ1v) is 8.83. The van der Waals surface area contributed by atoms with Gasteiger partial charge in [0.1, 0.15) is 23.0 Å². The molecular formula is C18H18N2O4S. The number of carboxylic acids is 1. The van der Waals surface area contributed by atoms with Crippen LogP contribution in [0.2, 0.25) is 0 Å². The summed E-state index contributed by atoms with van der Waals surface area (Å²) in [6, 6.07) is 7.66. The van der Waals surface area contributed by atoms with Crippen LogP contribution in [-0.4, -0.2) is 27.2 Å². The van der Waals surface area contributed by atoms with Crippen LogP contribution in [-0.2, 0) is 13.0 Å². The number of hydrogen-bond acceptors (Lipinski definition) is 5. The Morgan fingerprint density at radius 1 is 1.32 bits per heavy atom. The van der Waals surface area contributed by atoms with E-state index >= 15 is 0 Å². The number of carbonyl (C=O) groups is 1. The van der Waals surface area contributed by atoms with Gasteiger partial charge in [0.25, 0.3) is 5.56 Å². The molecule has 1 aromatic carbocycles. The van der Waals surface area contributed by atoms with Crippen molar-refractivity contribution >= 4 is 27.5 Å². The quantitative estimate of drug-likeness (QED) is 0.732. The Morgan fingerprint density at radius 2 is 2.04 bits per heavy atom. The summed E-state index contributed by atoms with van der Waals surface area (Å²) in [5, 5.41) is 10.9. The van der Waals surface area contributed by atoms with Gasteiger partial charge in [-0.05, 0) is 19.1 Å². The average molecular weight is 358 g/mol. The minimum Gasteiger partial charge on any atom is -0.492 e. The first kappa shape index (κ1) is 17.2. The summed E-state index contributed by atoms with van der Waals surface area (Å²) in [4.78, 5) is 29.0. The van der Waals surface area contributed by atoms with Gasteiger partial charge in [-0.15, -0.1) is 11.3 Å². The molecule has 0 spiro atoms. The van der Waals surface area contributed by atoms with Crippen LogP contribution < -0.4 is 10.3 Å². The number of carboxylic acid groups (broad SMARTS) is 1. The van der Waals surface area contributed by atoms with E-state index in [1.807, 2.05) is 38.1 Å². The molecule has 1 N–H and O–H groups in total. The van der Waals surface area contributed by atoms with E-state index in [4.69, 9.17) is 4.74 Å². The number of ether oxygens (including phenoxy) is 1. The van der Waals surface area contributed by atoms with E-state index in [2.05, 4.69) is 4.98 Å². The minimum absolute atomic E-state index is 0.00774. The zero-order chi connectivity index (χ0) is 18.0. The Labute approximate surface area is 148 Å². The van der Waals surface area contributed by atoms with Gasteiger partial charge in [-0.2, -0.15) is 0 Å². The molecule has 2 heterocycles. The van der Waals surface area contributed by atoms with Gasteiger partial charge in [0.2, 0.25) is 0 Å². The monoisotopic (exact) mass is 358 g/mol. The molecule has 3 rings (SSSR count). The maximum atomic E-state index is 12.8. The second kappa shape index (κ2) is 7.06. The maximum Gasteiger partial charge on any atom is 0.337 e. The molecule has 7 heteroatoms. The molecule has 130 valence electrons. The number of thiophene rings is 1. The van der Waals surface area contributed by atoms with Crippen LogP contribution in [0, 0.1) is 6.92 Å². The van der Waals surface area contributed by atoms with Crippen molar-refractivity contribution in [3.8, 4) is 5.75 Å². The van der Waals surface area contributed by atoms with E-state index in [9.17, 15) is 14.7 Å². The van der Waals surface area contributed by atoms with Crippen molar-refractivity contribution in [2.75, 3.05) is 6.61 Å². The van der Waals surface area contributed by atoms with Crippen LogP contribution in [0.5, 0.6) is 5.75 Å². The summed E-state index contributed by atoms with van der Waals surface area (Å²) in [6.45, 7) is 4.53. The smallest absolute Gasteiger partial charge is 0.337 e. The van der Waals surface area contributed by atoms with E-state index in [1.54, 1.807) is 0 Å². The fourth-order valence-electron chi connectivity index (χ4n) is 2.61. The first-order valence-electron chi connectivity index (χ1n) is 7.95. The number of benzene rings is 1. The van der Waals surface area contributed by atoms with Crippen LogP contribution >= 0.6 is 11.3 Å². The molecule has 0 fully saturated rings. The highest BCUT2D eigenvalue weighted by Crippen LogP contribution is 2.22. The number of nitrogens with zero attached hydrogens (tertiary/aromatic N) is 2. The Hall–Kier alpha value is -2.67. The molecule has 0 atom stereocenters. The second-order valence-corrected chi connectivity index (χ2v) is 6.49. The van der Waals surface area contributed by atoms with Crippen molar-refractivity contribution in [2.24, 2.45) is 0 Å². The summed E-state index contributed by atoms with van der Waals surface area (Å²) in [6.07, 6.45) is 0.579. The highest BCUT2D eigenvalue weighted by atomic mass is 32.1. The normalized spacial score (nSPS) is 11.0. The van der Waals surface area contributed by atoms with Crippen LogP contribution in [0.25, 0.3) is 10.2 Å². The van der Waals surface area contributed by atoms with Crippen LogP contribution in [0.4, 0.5) is 0 Å². The largest absolute Gasteiger partial charge is 0.492 e. The summed E-state index contributed by atoms with van der Waals surface area (Å²) in [5.41, 5.74) is 0.825. The van der Waals surface area contributed by atoms with Crippen molar-refractivity contribution in [3.05, 3.63) is 57.0 Å². The number of aryl methyl sites for hydroxylation is 2. The SMILES string of the molecule is CCc1nc2scc(C(=O)O)c2c(=O)n1CCOc1ccc(C)cc1. The molecule has 0 bridgehead atoms. The second-order valence-electron chi connectivity index (χ2n) is 5.63. The molecule has 25 heavy (non-hydrogen) atoms. The van der Waals surface area contributed by atoms with Gasteiger partial charge >= 0.3 is 5.97 Å². The van der Waals surface area contributed by atoms with E-state index < -0.39 is 5.97 Å². The molecule has 0 saturated heterocycles. The molecule has 3 aromatic rings. The Balaban J connectivity index is 1.90. The van der Waals surface area contributed by atoms with E-state index in [-0.39, 0.29) is 16.5 Å². The van der Waals surface area contributed by atoms with Crippen molar-refractivity contribution in [2.45, 2.75) is 26.8 Å². The number of aromatic nitrogens is 2. The molecule has 0 aliphatic carbocycles. The zero-order valence-corrected chi connectivity index (χ0v) is 14.8. The first-order chi connectivity index (χ1) is 12.0. The van der Waals surface area contributed by atoms with Crippen LogP contribution in [0.3, 0.4) is 0 Å². The number of rotatable bonds is 6. The van der Waals surface area contributed by atoms with Gasteiger partial charge in [0, 0.05) is 11.8 Å². The third kappa shape index (κ3) is 3.41. The van der Waals surface area contributed by atoms with E-state index in [0.29, 0.717) is 30.2 Å². The van der Waals surface area contributed by atoms with Gasteiger partial charge in [-0.3, -0.25) is 9.36 Å². The number of fused-ring (bicyclic) bond motifs is 1. The Bertz CT molecular complexity index is 973. The molecule has 0 saturated carbocycles. The molecule has 6 nitrogen and oxygen atoms in total.